The fourth-order valence-corrected chi connectivity index (χ4v) is 3.82. The number of likely N-dealkylation sites (tertiary alicyclic amines) is 1. The molecule has 6 heteroatoms. The topological polar surface area (TPSA) is 56.4 Å². The van der Waals surface area contributed by atoms with E-state index in [1.165, 1.54) is 4.88 Å². The summed E-state index contributed by atoms with van der Waals surface area (Å²) in [6.07, 6.45) is 3.77. The number of rotatable bonds is 6. The van der Waals surface area contributed by atoms with E-state index in [4.69, 9.17) is 0 Å². The van der Waals surface area contributed by atoms with Gasteiger partial charge in [-0.05, 0) is 44.3 Å². The molecule has 0 aromatic carbocycles. The lowest BCUT2D eigenvalue weighted by atomic mass is 10.1. The van der Waals surface area contributed by atoms with Gasteiger partial charge in [-0.3, -0.25) is 14.5 Å². The fourth-order valence-electron chi connectivity index (χ4n) is 2.97. The lowest BCUT2D eigenvalue weighted by molar-refractivity contribution is 0.0787. The van der Waals surface area contributed by atoms with Crippen LogP contribution < -0.4 is 0 Å². The fraction of sp³-hybridized carbons (Fsp3) is 0.444. The van der Waals surface area contributed by atoms with E-state index in [1.807, 2.05) is 28.3 Å². The number of H-pyrrole nitrogens is 1. The second-order valence-electron chi connectivity index (χ2n) is 6.33. The quantitative estimate of drug-likeness (QED) is 0.818. The Morgan fingerprint density at radius 2 is 2.12 bits per heavy atom. The maximum atomic E-state index is 12.5. The van der Waals surface area contributed by atoms with Crippen LogP contribution >= 0.6 is 11.3 Å². The van der Waals surface area contributed by atoms with Crippen molar-refractivity contribution in [2.75, 3.05) is 26.7 Å². The largest absolute Gasteiger partial charge is 0.356 e. The standard InChI is InChI=1S/C18H23N3O2S/c1-13(17-6-5-9-24-17)20(2)12-16(22)14-10-15(19-11-14)18(23)21-7-3-4-8-21/h5-6,9-11,13,19H,3-4,7-8,12H2,1-2H3. The third-order valence-corrected chi connectivity index (χ3v) is 5.68. The number of hydrogen-bond donors (Lipinski definition) is 1. The first-order valence-electron chi connectivity index (χ1n) is 8.31. The van der Waals surface area contributed by atoms with Crippen LogP contribution in [0.25, 0.3) is 0 Å². The van der Waals surface area contributed by atoms with Crippen molar-refractivity contribution < 1.29 is 9.59 Å². The number of carbonyl (C=O) groups is 2. The summed E-state index contributed by atoms with van der Waals surface area (Å²) in [5.41, 5.74) is 1.08. The third-order valence-electron chi connectivity index (χ3n) is 4.64. The Hall–Kier alpha value is -1.92. The van der Waals surface area contributed by atoms with Gasteiger partial charge in [0.1, 0.15) is 5.69 Å². The third kappa shape index (κ3) is 3.60. The minimum atomic E-state index is -0.00754. The first kappa shape index (κ1) is 16.9. The van der Waals surface area contributed by atoms with Gasteiger partial charge >= 0.3 is 0 Å². The lowest BCUT2D eigenvalue weighted by Gasteiger charge is -2.22. The van der Waals surface area contributed by atoms with Crippen molar-refractivity contribution in [1.29, 1.82) is 0 Å². The van der Waals surface area contributed by atoms with Gasteiger partial charge in [0.2, 0.25) is 0 Å². The highest BCUT2D eigenvalue weighted by Crippen LogP contribution is 2.23. The van der Waals surface area contributed by atoms with Gasteiger partial charge in [-0.2, -0.15) is 0 Å². The van der Waals surface area contributed by atoms with Crippen molar-refractivity contribution in [1.82, 2.24) is 14.8 Å². The zero-order valence-electron chi connectivity index (χ0n) is 14.1. The van der Waals surface area contributed by atoms with Gasteiger partial charge in [0.15, 0.2) is 5.78 Å². The summed E-state index contributed by atoms with van der Waals surface area (Å²) in [6, 6.07) is 5.99. The monoisotopic (exact) mass is 345 g/mol. The smallest absolute Gasteiger partial charge is 0.270 e. The molecule has 0 radical (unpaired) electrons. The van der Waals surface area contributed by atoms with Gasteiger partial charge in [-0.1, -0.05) is 6.07 Å². The highest BCUT2D eigenvalue weighted by Gasteiger charge is 2.22. The molecule has 2 aromatic rings. The summed E-state index contributed by atoms with van der Waals surface area (Å²) < 4.78 is 0. The lowest BCUT2D eigenvalue weighted by Crippen LogP contribution is -2.28. The molecule has 24 heavy (non-hydrogen) atoms. The van der Waals surface area contributed by atoms with Crippen LogP contribution in [-0.4, -0.2) is 53.2 Å². The average molecular weight is 345 g/mol. The molecular formula is C18H23N3O2S. The molecule has 0 spiro atoms. The number of hydrogen-bond acceptors (Lipinski definition) is 4. The van der Waals surface area contributed by atoms with Crippen molar-refractivity contribution in [3.05, 3.63) is 45.9 Å². The number of thiophene rings is 1. The number of Topliss-reactive ketones (excluding diaryl/α,β-unsaturated/α-hetero) is 1. The van der Waals surface area contributed by atoms with E-state index >= 15 is 0 Å². The Labute approximate surface area is 146 Å². The second-order valence-corrected chi connectivity index (χ2v) is 7.31. The van der Waals surface area contributed by atoms with Gasteiger partial charge in [0.05, 0.1) is 6.54 Å². The molecule has 5 nitrogen and oxygen atoms in total. The molecule has 1 atom stereocenters. The summed E-state index contributed by atoms with van der Waals surface area (Å²) in [6.45, 7) is 4.04. The first-order valence-corrected chi connectivity index (χ1v) is 9.19. The SMILES string of the molecule is CC(c1cccs1)N(C)CC(=O)c1c[nH]c(C(=O)N2CCCC2)c1. The minimum absolute atomic E-state index is 0.00754. The van der Waals surface area contributed by atoms with Crippen molar-refractivity contribution in [3.63, 3.8) is 0 Å². The second kappa shape index (κ2) is 7.32. The van der Waals surface area contributed by atoms with Gasteiger partial charge < -0.3 is 9.88 Å². The van der Waals surface area contributed by atoms with Crippen molar-refractivity contribution >= 4 is 23.0 Å². The van der Waals surface area contributed by atoms with Crippen LogP contribution in [0.3, 0.4) is 0 Å². The summed E-state index contributed by atoms with van der Waals surface area (Å²) in [4.78, 5) is 32.9. The van der Waals surface area contributed by atoms with Crippen molar-refractivity contribution in [3.8, 4) is 0 Å². The van der Waals surface area contributed by atoms with Crippen LogP contribution in [0.15, 0.2) is 29.8 Å². The molecule has 3 heterocycles. The Bertz CT molecular complexity index is 702. The number of aromatic nitrogens is 1. The van der Waals surface area contributed by atoms with E-state index in [0.29, 0.717) is 17.8 Å². The molecule has 0 bridgehead atoms. The molecule has 1 saturated heterocycles. The number of carbonyl (C=O) groups excluding carboxylic acids is 2. The number of aromatic amines is 1. The molecule has 0 saturated carbocycles. The molecule has 1 N–H and O–H groups in total. The summed E-state index contributed by atoms with van der Waals surface area (Å²) in [5, 5.41) is 2.05. The van der Waals surface area contributed by atoms with Gasteiger partial charge in [-0.25, -0.2) is 0 Å². The van der Waals surface area contributed by atoms with Crippen molar-refractivity contribution in [2.45, 2.75) is 25.8 Å². The summed E-state index contributed by atoms with van der Waals surface area (Å²) >= 11 is 1.70. The molecule has 2 aromatic heterocycles. The number of nitrogens with zero attached hydrogens (tertiary/aromatic N) is 2. The molecule has 0 aliphatic carbocycles. The van der Waals surface area contributed by atoms with Crippen LogP contribution in [0, 0.1) is 0 Å². The maximum Gasteiger partial charge on any atom is 0.270 e. The van der Waals surface area contributed by atoms with Gasteiger partial charge in [-0.15, -0.1) is 11.3 Å². The Balaban J connectivity index is 1.62. The van der Waals surface area contributed by atoms with E-state index in [-0.39, 0.29) is 17.7 Å². The highest BCUT2D eigenvalue weighted by atomic mass is 32.1. The highest BCUT2D eigenvalue weighted by molar-refractivity contribution is 7.10. The molecular weight excluding hydrogens is 322 g/mol. The first-order chi connectivity index (χ1) is 11.6. The molecule has 128 valence electrons. The van der Waals surface area contributed by atoms with Gasteiger partial charge in [0.25, 0.3) is 5.91 Å². The predicted molar refractivity (Wildman–Crippen MR) is 95.6 cm³/mol. The van der Waals surface area contributed by atoms with E-state index in [9.17, 15) is 9.59 Å². The van der Waals surface area contributed by atoms with E-state index in [0.717, 1.165) is 25.9 Å². The van der Waals surface area contributed by atoms with Crippen LogP contribution in [0.4, 0.5) is 0 Å². The molecule has 1 aliphatic heterocycles. The molecule has 3 rings (SSSR count). The number of nitrogens with one attached hydrogen (secondary N) is 1. The molecule has 1 fully saturated rings. The molecule has 1 unspecified atom stereocenters. The Morgan fingerprint density at radius 1 is 1.38 bits per heavy atom. The van der Waals surface area contributed by atoms with Crippen LogP contribution in [0.2, 0.25) is 0 Å². The van der Waals surface area contributed by atoms with E-state index < -0.39 is 0 Å². The van der Waals surface area contributed by atoms with E-state index in [1.54, 1.807) is 23.6 Å². The normalized spacial score (nSPS) is 15.9. The molecule has 1 aliphatic rings. The minimum Gasteiger partial charge on any atom is -0.356 e. The number of likely N-dealkylation sites (N-methyl/N-ethyl adjacent to an activating group) is 1. The zero-order valence-corrected chi connectivity index (χ0v) is 14.9. The van der Waals surface area contributed by atoms with E-state index in [2.05, 4.69) is 18.0 Å². The van der Waals surface area contributed by atoms with Gasteiger partial charge in [0, 0.05) is 35.8 Å². The number of ketones is 1. The average Bonchev–Trinajstić information content (AvgIpc) is 3.35. The van der Waals surface area contributed by atoms with Crippen LogP contribution in [-0.2, 0) is 0 Å². The zero-order chi connectivity index (χ0) is 17.1. The van der Waals surface area contributed by atoms with Crippen molar-refractivity contribution in [2.24, 2.45) is 0 Å². The Morgan fingerprint density at radius 3 is 2.79 bits per heavy atom. The summed E-state index contributed by atoms with van der Waals surface area (Å²) in [7, 11) is 1.95. The maximum absolute atomic E-state index is 12.5. The predicted octanol–water partition coefficient (Wildman–Crippen LogP) is 3.19. The van der Waals surface area contributed by atoms with Crippen LogP contribution in [0.5, 0.6) is 0 Å². The number of amides is 1. The summed E-state index contributed by atoms with van der Waals surface area (Å²) in [5.74, 6) is 0.0180. The molecule has 1 amide bonds. The van der Waals surface area contributed by atoms with Crippen LogP contribution in [0.1, 0.15) is 51.5 Å². The Kier molecular flexibility index (Phi) is 5.16.